The fraction of sp³-hybridized carbons (Fsp3) is 0.314. The standard InChI is InChI=1S/C35H38FN7O3/c1-35(2,3)24-12-22-16-39-43(34(46)32(22)28(36)14-24)30-7-5-6-26(27(30)20-44)23-13-29(33(45)41(4)18-23)40-31-9-8-21(15-38-31)17-42-11-10-25(37)19-42/h5-9,12-16,18,25,44H,10-11,17,19-20,37H2,1-4H3,(H,38,40). The number of pyridine rings is 2. The molecule has 1 aliphatic heterocycles. The van der Waals surface area contributed by atoms with Gasteiger partial charge in [0.2, 0.25) is 0 Å². The lowest BCUT2D eigenvalue weighted by Gasteiger charge is -2.20. The molecule has 238 valence electrons. The van der Waals surface area contributed by atoms with Crippen molar-refractivity contribution in [1.29, 1.82) is 0 Å². The van der Waals surface area contributed by atoms with Gasteiger partial charge < -0.3 is 20.7 Å². The van der Waals surface area contributed by atoms with Crippen LogP contribution in [0.2, 0.25) is 0 Å². The van der Waals surface area contributed by atoms with Crippen molar-refractivity contribution in [2.45, 2.75) is 51.8 Å². The van der Waals surface area contributed by atoms with Crippen LogP contribution in [-0.2, 0) is 25.6 Å². The largest absolute Gasteiger partial charge is 0.392 e. The monoisotopic (exact) mass is 623 g/mol. The van der Waals surface area contributed by atoms with E-state index in [1.54, 1.807) is 49.8 Å². The molecule has 4 heterocycles. The minimum absolute atomic E-state index is 0.0755. The van der Waals surface area contributed by atoms with Gasteiger partial charge in [0, 0.05) is 61.6 Å². The number of fused-ring (bicyclic) bond motifs is 1. The second kappa shape index (κ2) is 12.2. The summed E-state index contributed by atoms with van der Waals surface area (Å²) in [5.41, 5.74) is 8.84. The van der Waals surface area contributed by atoms with Crippen molar-refractivity contribution < 1.29 is 9.50 Å². The van der Waals surface area contributed by atoms with Gasteiger partial charge in [-0.15, -0.1) is 0 Å². The molecular weight excluding hydrogens is 585 g/mol. The number of halogens is 1. The number of likely N-dealkylation sites (tertiary alicyclic amines) is 1. The molecule has 46 heavy (non-hydrogen) atoms. The Morgan fingerprint density at radius 1 is 1.09 bits per heavy atom. The Morgan fingerprint density at radius 2 is 1.89 bits per heavy atom. The van der Waals surface area contributed by atoms with E-state index in [-0.39, 0.29) is 28.1 Å². The van der Waals surface area contributed by atoms with Gasteiger partial charge in [-0.1, -0.05) is 39.0 Å². The van der Waals surface area contributed by atoms with Gasteiger partial charge >= 0.3 is 0 Å². The van der Waals surface area contributed by atoms with Crippen LogP contribution in [0.1, 0.15) is 43.9 Å². The van der Waals surface area contributed by atoms with Crippen molar-refractivity contribution in [3.8, 4) is 16.8 Å². The van der Waals surface area contributed by atoms with Crippen LogP contribution in [0.25, 0.3) is 27.6 Å². The predicted molar refractivity (Wildman–Crippen MR) is 178 cm³/mol. The summed E-state index contributed by atoms with van der Waals surface area (Å²) in [6, 6.07) is 14.0. The van der Waals surface area contributed by atoms with Gasteiger partial charge in [0.25, 0.3) is 11.1 Å². The molecule has 2 aromatic carbocycles. The van der Waals surface area contributed by atoms with Crippen LogP contribution in [0.4, 0.5) is 15.9 Å². The number of aliphatic hydroxyl groups is 1. The molecule has 1 fully saturated rings. The van der Waals surface area contributed by atoms with Crippen LogP contribution in [0.3, 0.4) is 0 Å². The number of hydrogen-bond donors (Lipinski definition) is 3. The summed E-state index contributed by atoms with van der Waals surface area (Å²) >= 11 is 0. The molecule has 5 aromatic rings. The molecule has 0 amide bonds. The molecule has 1 atom stereocenters. The van der Waals surface area contributed by atoms with Gasteiger partial charge in [-0.2, -0.15) is 9.78 Å². The number of aliphatic hydroxyl groups excluding tert-OH is 1. The van der Waals surface area contributed by atoms with Crippen molar-refractivity contribution >= 4 is 22.3 Å². The predicted octanol–water partition coefficient (Wildman–Crippen LogP) is 4.35. The van der Waals surface area contributed by atoms with E-state index < -0.39 is 18.0 Å². The van der Waals surface area contributed by atoms with Crippen LogP contribution in [0.15, 0.2) is 76.7 Å². The fourth-order valence-electron chi connectivity index (χ4n) is 5.99. The Kier molecular flexibility index (Phi) is 8.32. The zero-order valence-corrected chi connectivity index (χ0v) is 26.4. The Morgan fingerprint density at radius 3 is 2.57 bits per heavy atom. The molecule has 1 aliphatic rings. The Bertz CT molecular complexity index is 2050. The first-order valence-corrected chi connectivity index (χ1v) is 15.3. The first-order valence-electron chi connectivity index (χ1n) is 15.3. The molecule has 0 saturated carbocycles. The minimum Gasteiger partial charge on any atom is -0.392 e. The van der Waals surface area contributed by atoms with Crippen LogP contribution in [0, 0.1) is 5.82 Å². The number of nitrogens with zero attached hydrogens (tertiary/aromatic N) is 5. The zero-order valence-electron chi connectivity index (χ0n) is 26.4. The van der Waals surface area contributed by atoms with Gasteiger partial charge in [-0.25, -0.2) is 9.37 Å². The van der Waals surface area contributed by atoms with E-state index in [2.05, 4.69) is 20.3 Å². The number of rotatable bonds is 7. The Labute approximate surface area is 265 Å². The zero-order chi connectivity index (χ0) is 32.7. The second-order valence-corrected chi connectivity index (χ2v) is 13.0. The quantitative estimate of drug-likeness (QED) is 0.244. The topological polar surface area (TPSA) is 131 Å². The molecule has 1 unspecified atom stereocenters. The van der Waals surface area contributed by atoms with Gasteiger partial charge in [-0.3, -0.25) is 14.5 Å². The van der Waals surface area contributed by atoms with Crippen molar-refractivity contribution in [3.63, 3.8) is 0 Å². The average molecular weight is 624 g/mol. The fourth-order valence-corrected chi connectivity index (χ4v) is 5.99. The van der Waals surface area contributed by atoms with Gasteiger partial charge in [-0.05, 0) is 58.9 Å². The first kappa shape index (κ1) is 31.3. The Balaban J connectivity index is 1.35. The van der Waals surface area contributed by atoms with Gasteiger partial charge in [0.1, 0.15) is 17.3 Å². The maximum absolute atomic E-state index is 15.4. The summed E-state index contributed by atoms with van der Waals surface area (Å²) in [6.45, 7) is 8.07. The molecule has 0 aliphatic carbocycles. The molecule has 4 N–H and O–H groups in total. The maximum Gasteiger partial charge on any atom is 0.282 e. The SMILES string of the molecule is Cn1cc(-c2cccc(-n3ncc4cc(C(C)(C)C)cc(F)c4c3=O)c2CO)cc(Nc2ccc(CN3CCC(N)C3)cn2)c1=O. The third-order valence-corrected chi connectivity index (χ3v) is 8.54. The highest BCUT2D eigenvalue weighted by Crippen LogP contribution is 2.31. The normalized spacial score (nSPS) is 15.5. The molecule has 11 heteroatoms. The second-order valence-electron chi connectivity index (χ2n) is 13.0. The molecule has 3 aromatic heterocycles. The third-order valence-electron chi connectivity index (χ3n) is 8.54. The summed E-state index contributed by atoms with van der Waals surface area (Å²) < 4.78 is 17.9. The van der Waals surface area contributed by atoms with Crippen molar-refractivity contribution in [1.82, 2.24) is 24.2 Å². The molecule has 10 nitrogen and oxygen atoms in total. The van der Waals surface area contributed by atoms with Gasteiger partial charge in [0.05, 0.1) is 23.9 Å². The number of nitrogens with two attached hydrogens (primary N) is 1. The first-order chi connectivity index (χ1) is 21.9. The molecule has 0 spiro atoms. The minimum atomic E-state index is -0.632. The van der Waals surface area contributed by atoms with Crippen LogP contribution in [0.5, 0.6) is 0 Å². The highest BCUT2D eigenvalue weighted by Gasteiger charge is 2.21. The molecular formula is C35H38FN7O3. The summed E-state index contributed by atoms with van der Waals surface area (Å²) in [7, 11) is 1.64. The van der Waals surface area contributed by atoms with E-state index in [1.807, 2.05) is 32.9 Å². The van der Waals surface area contributed by atoms with Crippen molar-refractivity contribution in [2.75, 3.05) is 18.4 Å². The average Bonchev–Trinajstić information content (AvgIpc) is 3.43. The van der Waals surface area contributed by atoms with Crippen LogP contribution < -0.4 is 22.2 Å². The van der Waals surface area contributed by atoms with E-state index in [9.17, 15) is 14.7 Å². The van der Waals surface area contributed by atoms with Gasteiger partial charge in [0.15, 0.2) is 0 Å². The summed E-state index contributed by atoms with van der Waals surface area (Å²) in [5.74, 6) is -0.114. The number of aryl methyl sites for hydroxylation is 1. The summed E-state index contributed by atoms with van der Waals surface area (Å²) in [5, 5.41) is 18.4. The van der Waals surface area contributed by atoms with E-state index >= 15 is 4.39 Å². The number of benzene rings is 2. The lowest BCUT2D eigenvalue weighted by atomic mass is 9.86. The van der Waals surface area contributed by atoms with Crippen molar-refractivity contribution in [3.05, 3.63) is 110 Å². The summed E-state index contributed by atoms with van der Waals surface area (Å²) in [6.07, 6.45) is 5.90. The number of nitrogens with one attached hydrogen (secondary N) is 1. The Hall–Kier alpha value is -4.71. The molecule has 0 bridgehead atoms. The van der Waals surface area contributed by atoms with E-state index in [0.717, 1.165) is 41.9 Å². The molecule has 0 radical (unpaired) electrons. The smallest absolute Gasteiger partial charge is 0.282 e. The lowest BCUT2D eigenvalue weighted by molar-refractivity contribution is 0.282. The molecule has 6 rings (SSSR count). The van der Waals surface area contributed by atoms with Crippen LogP contribution >= 0.6 is 0 Å². The molecule has 1 saturated heterocycles. The lowest BCUT2D eigenvalue weighted by Crippen LogP contribution is -2.26. The van der Waals surface area contributed by atoms with E-state index in [4.69, 9.17) is 5.73 Å². The van der Waals surface area contributed by atoms with Crippen molar-refractivity contribution in [2.24, 2.45) is 12.8 Å². The summed E-state index contributed by atoms with van der Waals surface area (Å²) in [4.78, 5) is 33.6. The highest BCUT2D eigenvalue weighted by atomic mass is 19.1. The van der Waals surface area contributed by atoms with E-state index in [1.165, 1.54) is 16.8 Å². The van der Waals surface area contributed by atoms with E-state index in [0.29, 0.717) is 33.6 Å². The van der Waals surface area contributed by atoms with Crippen LogP contribution in [-0.4, -0.2) is 48.5 Å². The highest BCUT2D eigenvalue weighted by molar-refractivity contribution is 5.83. The number of hydrogen-bond acceptors (Lipinski definition) is 8. The number of anilines is 2. The third kappa shape index (κ3) is 6.09. The number of aromatic nitrogens is 4. The maximum atomic E-state index is 15.4.